The minimum Gasteiger partial charge on any atom is -0.339 e. The third-order valence-electron chi connectivity index (χ3n) is 3.44. The highest BCUT2D eigenvalue weighted by atomic mass is 16.2. The number of amides is 1. The summed E-state index contributed by atoms with van der Waals surface area (Å²) in [4.78, 5) is 14.4. The second kappa shape index (κ2) is 6.55. The molecule has 0 saturated carbocycles. The average molecular weight is 248 g/mol. The summed E-state index contributed by atoms with van der Waals surface area (Å²) in [6.07, 6.45) is 0. The van der Waals surface area contributed by atoms with Crippen molar-refractivity contribution in [1.82, 2.24) is 4.90 Å². The normalized spacial score (nSPS) is 12.3. The standard InChI is InChI=1S/C15H24N2O/c1-5-17(10-11(2)9-16)15(18)14-8-6-7-12(3)13(14)4/h6-8,11H,5,9-10,16H2,1-4H3. The second-order valence-corrected chi connectivity index (χ2v) is 4.93. The van der Waals surface area contributed by atoms with Gasteiger partial charge in [0.2, 0.25) is 0 Å². The van der Waals surface area contributed by atoms with E-state index in [9.17, 15) is 4.79 Å². The van der Waals surface area contributed by atoms with Gasteiger partial charge in [-0.05, 0) is 50.4 Å². The first kappa shape index (κ1) is 14.7. The lowest BCUT2D eigenvalue weighted by Crippen LogP contribution is -2.36. The molecule has 0 aliphatic carbocycles. The molecule has 1 aromatic rings. The Kier molecular flexibility index (Phi) is 5.35. The van der Waals surface area contributed by atoms with Gasteiger partial charge in [0.15, 0.2) is 0 Å². The van der Waals surface area contributed by atoms with Crippen LogP contribution in [-0.4, -0.2) is 30.4 Å². The predicted octanol–water partition coefficient (Wildman–Crippen LogP) is 2.36. The molecular weight excluding hydrogens is 224 g/mol. The van der Waals surface area contributed by atoms with Gasteiger partial charge < -0.3 is 10.6 Å². The smallest absolute Gasteiger partial charge is 0.254 e. The molecule has 0 spiro atoms. The lowest BCUT2D eigenvalue weighted by molar-refractivity contribution is 0.0743. The van der Waals surface area contributed by atoms with E-state index in [4.69, 9.17) is 5.73 Å². The van der Waals surface area contributed by atoms with Crippen LogP contribution in [0.15, 0.2) is 18.2 Å². The molecule has 18 heavy (non-hydrogen) atoms. The molecule has 0 aromatic heterocycles. The summed E-state index contributed by atoms with van der Waals surface area (Å²) in [6.45, 7) is 10.2. The molecule has 0 saturated heterocycles. The van der Waals surface area contributed by atoms with E-state index >= 15 is 0 Å². The molecule has 1 aromatic carbocycles. The molecule has 0 aliphatic rings. The summed E-state index contributed by atoms with van der Waals surface area (Å²) in [5.41, 5.74) is 8.66. The quantitative estimate of drug-likeness (QED) is 0.869. The van der Waals surface area contributed by atoms with Crippen LogP contribution in [0.4, 0.5) is 0 Å². The largest absolute Gasteiger partial charge is 0.339 e. The van der Waals surface area contributed by atoms with E-state index in [2.05, 4.69) is 6.92 Å². The highest BCUT2D eigenvalue weighted by Gasteiger charge is 2.18. The number of benzene rings is 1. The Morgan fingerprint density at radius 3 is 2.61 bits per heavy atom. The van der Waals surface area contributed by atoms with E-state index in [0.29, 0.717) is 12.5 Å². The molecule has 0 heterocycles. The molecular formula is C15H24N2O. The summed E-state index contributed by atoms with van der Waals surface area (Å²) in [5, 5.41) is 0. The number of nitrogens with zero attached hydrogens (tertiary/aromatic N) is 1. The molecule has 1 atom stereocenters. The first-order chi connectivity index (χ1) is 8.51. The number of aryl methyl sites for hydroxylation is 1. The Bertz CT molecular complexity index is 415. The van der Waals surface area contributed by atoms with Crippen molar-refractivity contribution < 1.29 is 4.79 Å². The molecule has 1 amide bonds. The third-order valence-corrected chi connectivity index (χ3v) is 3.44. The molecule has 0 bridgehead atoms. The van der Waals surface area contributed by atoms with E-state index in [1.165, 1.54) is 0 Å². The first-order valence-electron chi connectivity index (χ1n) is 6.56. The lowest BCUT2D eigenvalue weighted by Gasteiger charge is -2.25. The van der Waals surface area contributed by atoms with Crippen LogP contribution >= 0.6 is 0 Å². The third kappa shape index (κ3) is 3.33. The van der Waals surface area contributed by atoms with Crippen LogP contribution in [0.3, 0.4) is 0 Å². The average Bonchev–Trinajstić information content (AvgIpc) is 2.38. The minimum absolute atomic E-state index is 0.110. The number of hydrogen-bond donors (Lipinski definition) is 1. The summed E-state index contributed by atoms with van der Waals surface area (Å²) in [6, 6.07) is 5.88. The van der Waals surface area contributed by atoms with E-state index in [-0.39, 0.29) is 5.91 Å². The topological polar surface area (TPSA) is 46.3 Å². The maximum absolute atomic E-state index is 12.5. The fourth-order valence-corrected chi connectivity index (χ4v) is 1.96. The number of nitrogens with two attached hydrogens (primary N) is 1. The van der Waals surface area contributed by atoms with Crippen molar-refractivity contribution in [2.75, 3.05) is 19.6 Å². The maximum Gasteiger partial charge on any atom is 0.254 e. The van der Waals surface area contributed by atoms with Crippen LogP contribution in [0.2, 0.25) is 0 Å². The first-order valence-corrected chi connectivity index (χ1v) is 6.56. The van der Waals surface area contributed by atoms with Crippen LogP contribution in [-0.2, 0) is 0 Å². The van der Waals surface area contributed by atoms with Gasteiger partial charge in [-0.2, -0.15) is 0 Å². The molecule has 0 fully saturated rings. The molecule has 3 heteroatoms. The van der Waals surface area contributed by atoms with Crippen LogP contribution in [0.5, 0.6) is 0 Å². The lowest BCUT2D eigenvalue weighted by atomic mass is 10.0. The predicted molar refractivity (Wildman–Crippen MR) is 75.7 cm³/mol. The second-order valence-electron chi connectivity index (χ2n) is 4.93. The molecule has 100 valence electrons. The summed E-state index contributed by atoms with van der Waals surface area (Å²) in [5.74, 6) is 0.443. The summed E-state index contributed by atoms with van der Waals surface area (Å²) < 4.78 is 0. The van der Waals surface area contributed by atoms with Crippen LogP contribution in [0, 0.1) is 19.8 Å². The number of hydrogen-bond acceptors (Lipinski definition) is 2. The van der Waals surface area contributed by atoms with Gasteiger partial charge in [-0.15, -0.1) is 0 Å². The van der Waals surface area contributed by atoms with Crippen molar-refractivity contribution >= 4 is 5.91 Å². The van der Waals surface area contributed by atoms with Crippen molar-refractivity contribution in [2.24, 2.45) is 11.7 Å². The van der Waals surface area contributed by atoms with E-state index < -0.39 is 0 Å². The Morgan fingerprint density at radius 1 is 1.39 bits per heavy atom. The monoisotopic (exact) mass is 248 g/mol. The Hall–Kier alpha value is -1.35. The summed E-state index contributed by atoms with van der Waals surface area (Å²) >= 11 is 0. The van der Waals surface area contributed by atoms with E-state index in [1.807, 2.05) is 43.9 Å². The van der Waals surface area contributed by atoms with Crippen molar-refractivity contribution in [3.8, 4) is 0 Å². The number of carbonyl (C=O) groups excluding carboxylic acids is 1. The van der Waals surface area contributed by atoms with Gasteiger partial charge in [0.1, 0.15) is 0 Å². The van der Waals surface area contributed by atoms with E-state index in [0.717, 1.165) is 29.8 Å². The fraction of sp³-hybridized carbons (Fsp3) is 0.533. The zero-order valence-corrected chi connectivity index (χ0v) is 11.9. The molecule has 1 rings (SSSR count). The fourth-order valence-electron chi connectivity index (χ4n) is 1.96. The van der Waals surface area contributed by atoms with Gasteiger partial charge in [-0.3, -0.25) is 4.79 Å². The highest BCUT2D eigenvalue weighted by Crippen LogP contribution is 2.15. The molecule has 1 unspecified atom stereocenters. The van der Waals surface area contributed by atoms with Crippen LogP contribution < -0.4 is 5.73 Å². The minimum atomic E-state index is 0.110. The van der Waals surface area contributed by atoms with Gasteiger partial charge in [-0.25, -0.2) is 0 Å². The van der Waals surface area contributed by atoms with Gasteiger partial charge in [0.25, 0.3) is 5.91 Å². The SMILES string of the molecule is CCN(CC(C)CN)C(=O)c1cccc(C)c1C. The van der Waals surface area contributed by atoms with Crippen LogP contribution in [0.25, 0.3) is 0 Å². The Morgan fingerprint density at radius 2 is 2.06 bits per heavy atom. The zero-order chi connectivity index (χ0) is 13.7. The Balaban J connectivity index is 2.93. The van der Waals surface area contributed by atoms with Crippen LogP contribution in [0.1, 0.15) is 35.3 Å². The van der Waals surface area contributed by atoms with Crippen molar-refractivity contribution in [2.45, 2.75) is 27.7 Å². The Labute approximate surface area is 110 Å². The molecule has 2 N–H and O–H groups in total. The molecule has 3 nitrogen and oxygen atoms in total. The maximum atomic E-state index is 12.5. The van der Waals surface area contributed by atoms with Crippen molar-refractivity contribution in [3.63, 3.8) is 0 Å². The van der Waals surface area contributed by atoms with Gasteiger partial charge in [0, 0.05) is 18.7 Å². The highest BCUT2D eigenvalue weighted by molar-refractivity contribution is 5.95. The van der Waals surface area contributed by atoms with Crippen molar-refractivity contribution in [1.29, 1.82) is 0 Å². The molecule has 0 radical (unpaired) electrons. The van der Waals surface area contributed by atoms with Gasteiger partial charge in [-0.1, -0.05) is 19.1 Å². The summed E-state index contributed by atoms with van der Waals surface area (Å²) in [7, 11) is 0. The molecule has 0 aliphatic heterocycles. The van der Waals surface area contributed by atoms with E-state index in [1.54, 1.807) is 0 Å². The van der Waals surface area contributed by atoms with Gasteiger partial charge in [0.05, 0.1) is 0 Å². The number of rotatable bonds is 5. The van der Waals surface area contributed by atoms with Crippen molar-refractivity contribution in [3.05, 3.63) is 34.9 Å². The number of carbonyl (C=O) groups is 1. The zero-order valence-electron chi connectivity index (χ0n) is 11.9. The van der Waals surface area contributed by atoms with Gasteiger partial charge >= 0.3 is 0 Å².